The zero-order valence-corrected chi connectivity index (χ0v) is 13.4. The molecule has 5 heteroatoms. The lowest BCUT2D eigenvalue weighted by molar-refractivity contribution is 0.00442. The Labute approximate surface area is 128 Å². The lowest BCUT2D eigenvalue weighted by Gasteiger charge is -2.37. The fraction of sp³-hybridized carbons (Fsp3) is 0.600. The number of benzene rings is 1. The Balaban J connectivity index is 2.07. The lowest BCUT2D eigenvalue weighted by Crippen LogP contribution is -2.42. The Morgan fingerprint density at radius 3 is 2.75 bits per heavy atom. The molecule has 0 spiro atoms. The Hall–Kier alpha value is -0.490. The first-order valence-corrected chi connectivity index (χ1v) is 7.95. The molecule has 1 aliphatic heterocycles. The van der Waals surface area contributed by atoms with Gasteiger partial charge in [-0.05, 0) is 43.5 Å². The van der Waals surface area contributed by atoms with Gasteiger partial charge in [-0.25, -0.2) is 4.39 Å². The van der Waals surface area contributed by atoms with E-state index in [1.807, 2.05) is 6.92 Å². The minimum atomic E-state index is -0.217. The summed E-state index contributed by atoms with van der Waals surface area (Å²) in [4.78, 5) is 2.33. The second-order valence-electron chi connectivity index (χ2n) is 5.11. The van der Waals surface area contributed by atoms with Crippen LogP contribution in [0.1, 0.15) is 31.4 Å². The summed E-state index contributed by atoms with van der Waals surface area (Å²) in [6.45, 7) is 5.16. The maximum Gasteiger partial charge on any atom is 0.123 e. The van der Waals surface area contributed by atoms with Crippen molar-refractivity contribution >= 4 is 15.9 Å². The van der Waals surface area contributed by atoms with Gasteiger partial charge in [-0.15, -0.1) is 0 Å². The molecule has 1 heterocycles. The SMILES string of the molecule is CCOC1CCN(C(CN)c2cc(F)ccc2Br)CC1. The summed E-state index contributed by atoms with van der Waals surface area (Å²) in [7, 11) is 0. The smallest absolute Gasteiger partial charge is 0.123 e. The third kappa shape index (κ3) is 3.79. The molecule has 2 rings (SSSR count). The van der Waals surface area contributed by atoms with Gasteiger partial charge < -0.3 is 10.5 Å². The van der Waals surface area contributed by atoms with Gasteiger partial charge >= 0.3 is 0 Å². The van der Waals surface area contributed by atoms with Crippen LogP contribution in [0.15, 0.2) is 22.7 Å². The molecule has 1 aliphatic rings. The van der Waals surface area contributed by atoms with Gasteiger partial charge in [0, 0.05) is 36.8 Å². The van der Waals surface area contributed by atoms with Crippen LogP contribution in [-0.4, -0.2) is 37.2 Å². The lowest BCUT2D eigenvalue weighted by atomic mass is 10.0. The van der Waals surface area contributed by atoms with Crippen LogP contribution in [0.2, 0.25) is 0 Å². The van der Waals surface area contributed by atoms with Crippen LogP contribution >= 0.6 is 15.9 Å². The monoisotopic (exact) mass is 344 g/mol. The van der Waals surface area contributed by atoms with Crippen molar-refractivity contribution in [2.24, 2.45) is 5.73 Å². The van der Waals surface area contributed by atoms with E-state index in [0.717, 1.165) is 42.6 Å². The molecule has 1 fully saturated rings. The summed E-state index contributed by atoms with van der Waals surface area (Å²) >= 11 is 3.50. The standard InChI is InChI=1S/C15H22BrFN2O/c1-2-20-12-5-7-19(8-6-12)15(10-18)13-9-11(17)3-4-14(13)16/h3-4,9,12,15H,2,5-8,10,18H2,1H3. The highest BCUT2D eigenvalue weighted by molar-refractivity contribution is 9.10. The normalized spacial score (nSPS) is 19.2. The summed E-state index contributed by atoms with van der Waals surface area (Å²) in [6.07, 6.45) is 2.37. The van der Waals surface area contributed by atoms with Crippen molar-refractivity contribution in [2.75, 3.05) is 26.2 Å². The fourth-order valence-corrected chi connectivity index (χ4v) is 3.34. The van der Waals surface area contributed by atoms with Crippen LogP contribution in [0.3, 0.4) is 0 Å². The Morgan fingerprint density at radius 2 is 2.15 bits per heavy atom. The van der Waals surface area contributed by atoms with Crippen molar-refractivity contribution in [3.63, 3.8) is 0 Å². The molecule has 3 nitrogen and oxygen atoms in total. The van der Waals surface area contributed by atoms with Crippen LogP contribution in [0.5, 0.6) is 0 Å². The van der Waals surface area contributed by atoms with E-state index in [9.17, 15) is 4.39 Å². The third-order valence-electron chi connectivity index (χ3n) is 3.86. The molecule has 0 radical (unpaired) electrons. The zero-order valence-electron chi connectivity index (χ0n) is 11.8. The number of nitrogens with two attached hydrogens (primary N) is 1. The van der Waals surface area contributed by atoms with E-state index in [-0.39, 0.29) is 11.9 Å². The van der Waals surface area contributed by atoms with E-state index < -0.39 is 0 Å². The van der Waals surface area contributed by atoms with E-state index in [4.69, 9.17) is 10.5 Å². The van der Waals surface area contributed by atoms with Crippen LogP contribution < -0.4 is 5.73 Å². The average molecular weight is 345 g/mol. The number of piperidine rings is 1. The van der Waals surface area contributed by atoms with Crippen LogP contribution in [0.4, 0.5) is 4.39 Å². The first-order valence-electron chi connectivity index (χ1n) is 7.16. The van der Waals surface area contributed by atoms with Gasteiger partial charge in [-0.1, -0.05) is 15.9 Å². The predicted molar refractivity (Wildman–Crippen MR) is 82.1 cm³/mol. The van der Waals surface area contributed by atoms with Gasteiger partial charge in [0.25, 0.3) is 0 Å². The minimum Gasteiger partial charge on any atom is -0.378 e. The number of ether oxygens (including phenoxy) is 1. The molecule has 1 unspecified atom stereocenters. The predicted octanol–water partition coefficient (Wildman–Crippen LogP) is 3.09. The van der Waals surface area contributed by atoms with Crippen molar-refractivity contribution in [1.29, 1.82) is 0 Å². The van der Waals surface area contributed by atoms with Crippen LogP contribution in [0, 0.1) is 5.82 Å². The summed E-state index contributed by atoms with van der Waals surface area (Å²) in [6, 6.07) is 4.85. The van der Waals surface area contributed by atoms with Gasteiger partial charge in [-0.2, -0.15) is 0 Å². The number of halogens is 2. The van der Waals surface area contributed by atoms with E-state index in [2.05, 4.69) is 20.8 Å². The van der Waals surface area contributed by atoms with Crippen molar-refractivity contribution in [1.82, 2.24) is 4.90 Å². The Kier molecular flexibility index (Phi) is 5.96. The van der Waals surface area contributed by atoms with E-state index in [1.54, 1.807) is 12.1 Å². The van der Waals surface area contributed by atoms with E-state index in [0.29, 0.717) is 12.6 Å². The van der Waals surface area contributed by atoms with E-state index in [1.165, 1.54) is 6.07 Å². The summed E-state index contributed by atoms with van der Waals surface area (Å²) in [5, 5.41) is 0. The number of nitrogens with zero attached hydrogens (tertiary/aromatic N) is 1. The highest BCUT2D eigenvalue weighted by Gasteiger charge is 2.26. The third-order valence-corrected chi connectivity index (χ3v) is 4.58. The van der Waals surface area contributed by atoms with E-state index >= 15 is 0 Å². The van der Waals surface area contributed by atoms with Crippen LogP contribution in [-0.2, 0) is 4.74 Å². The van der Waals surface area contributed by atoms with Crippen molar-refractivity contribution in [3.05, 3.63) is 34.1 Å². The second kappa shape index (κ2) is 7.50. The Bertz CT molecular complexity index is 436. The number of hydrogen-bond donors (Lipinski definition) is 1. The number of rotatable bonds is 5. The Morgan fingerprint density at radius 1 is 1.45 bits per heavy atom. The quantitative estimate of drug-likeness (QED) is 0.891. The van der Waals surface area contributed by atoms with Gasteiger partial charge in [0.15, 0.2) is 0 Å². The number of likely N-dealkylation sites (tertiary alicyclic amines) is 1. The van der Waals surface area contributed by atoms with Crippen molar-refractivity contribution < 1.29 is 9.13 Å². The molecule has 0 saturated carbocycles. The molecule has 1 atom stereocenters. The van der Waals surface area contributed by atoms with Gasteiger partial charge in [0.05, 0.1) is 6.10 Å². The minimum absolute atomic E-state index is 0.0580. The molecule has 2 N–H and O–H groups in total. The average Bonchev–Trinajstić information content (AvgIpc) is 2.45. The summed E-state index contributed by atoms with van der Waals surface area (Å²) < 4.78 is 20.1. The molecule has 1 saturated heterocycles. The molecule has 0 aliphatic carbocycles. The molecule has 0 amide bonds. The molecule has 20 heavy (non-hydrogen) atoms. The van der Waals surface area contributed by atoms with Crippen molar-refractivity contribution in [3.8, 4) is 0 Å². The topological polar surface area (TPSA) is 38.5 Å². The highest BCUT2D eigenvalue weighted by atomic mass is 79.9. The van der Waals surface area contributed by atoms with Gasteiger partial charge in [0.2, 0.25) is 0 Å². The van der Waals surface area contributed by atoms with Gasteiger partial charge in [-0.3, -0.25) is 4.90 Å². The molecular formula is C15H22BrFN2O. The molecule has 112 valence electrons. The highest BCUT2D eigenvalue weighted by Crippen LogP contribution is 2.30. The molecule has 1 aromatic rings. The molecule has 0 aromatic heterocycles. The summed E-state index contributed by atoms with van der Waals surface area (Å²) in [5.74, 6) is -0.217. The van der Waals surface area contributed by atoms with Gasteiger partial charge in [0.1, 0.15) is 5.82 Å². The zero-order chi connectivity index (χ0) is 14.5. The molecule has 0 bridgehead atoms. The molecule has 1 aromatic carbocycles. The molecular weight excluding hydrogens is 323 g/mol. The van der Waals surface area contributed by atoms with Crippen LogP contribution in [0.25, 0.3) is 0 Å². The number of hydrogen-bond acceptors (Lipinski definition) is 3. The van der Waals surface area contributed by atoms with Crippen molar-refractivity contribution in [2.45, 2.75) is 31.9 Å². The fourth-order valence-electron chi connectivity index (χ4n) is 2.83. The largest absolute Gasteiger partial charge is 0.378 e. The first-order chi connectivity index (χ1) is 9.65. The first kappa shape index (κ1) is 15.9. The maximum atomic E-state index is 13.5. The maximum absolute atomic E-state index is 13.5. The second-order valence-corrected chi connectivity index (χ2v) is 5.96. The summed E-state index contributed by atoms with van der Waals surface area (Å²) in [5.41, 5.74) is 6.86.